The predicted molar refractivity (Wildman–Crippen MR) is 115 cm³/mol. The summed E-state index contributed by atoms with van der Waals surface area (Å²) in [5, 5.41) is 16.7. The molecule has 0 aliphatic rings. The molecule has 1 aromatic rings. The number of unbranched alkanes of at least 4 members (excludes halogenated alkanes) is 16. The smallest absolute Gasteiger partial charge is 0.303 e. The van der Waals surface area contributed by atoms with Gasteiger partial charge in [-0.15, -0.1) is 5.10 Å². The van der Waals surface area contributed by atoms with Crippen molar-refractivity contribution in [2.75, 3.05) is 0 Å². The van der Waals surface area contributed by atoms with E-state index in [1.54, 1.807) is 4.68 Å². The summed E-state index contributed by atoms with van der Waals surface area (Å²) >= 11 is 0. The molecule has 0 bridgehead atoms. The van der Waals surface area contributed by atoms with Gasteiger partial charge in [0.1, 0.15) is 0 Å². The molecule has 5 nitrogen and oxygen atoms in total. The second kappa shape index (κ2) is 17.7. The quantitative estimate of drug-likeness (QED) is 0.258. The molecule has 0 amide bonds. The summed E-state index contributed by atoms with van der Waals surface area (Å²) in [5.41, 5.74) is 1.12. The van der Waals surface area contributed by atoms with E-state index in [2.05, 4.69) is 10.3 Å². The maximum atomic E-state index is 10.4. The largest absolute Gasteiger partial charge is 0.481 e. The van der Waals surface area contributed by atoms with Gasteiger partial charge in [0.05, 0.1) is 5.69 Å². The molecule has 1 N–H and O–H groups in total. The van der Waals surface area contributed by atoms with Crippen molar-refractivity contribution in [2.24, 2.45) is 7.05 Å². The van der Waals surface area contributed by atoms with Crippen LogP contribution in [0.4, 0.5) is 0 Å². The van der Waals surface area contributed by atoms with Crippen LogP contribution in [0.25, 0.3) is 0 Å². The zero-order valence-electron chi connectivity index (χ0n) is 18.2. The highest BCUT2D eigenvalue weighted by molar-refractivity contribution is 5.66. The molecule has 0 aliphatic heterocycles. The second-order valence-electron chi connectivity index (χ2n) is 8.29. The van der Waals surface area contributed by atoms with E-state index in [-0.39, 0.29) is 0 Å². The van der Waals surface area contributed by atoms with Gasteiger partial charge in [0, 0.05) is 19.7 Å². The molecule has 1 rings (SSSR count). The normalized spacial score (nSPS) is 11.2. The number of aromatic nitrogens is 3. The number of hydrogen-bond acceptors (Lipinski definition) is 3. The van der Waals surface area contributed by atoms with Crippen LogP contribution in [0.5, 0.6) is 0 Å². The Labute approximate surface area is 172 Å². The van der Waals surface area contributed by atoms with E-state index < -0.39 is 5.97 Å². The molecule has 0 atom stereocenters. The maximum Gasteiger partial charge on any atom is 0.303 e. The topological polar surface area (TPSA) is 68.0 Å². The molecule has 162 valence electrons. The predicted octanol–water partition coefficient (Wildman–Crippen LogP) is 6.46. The highest BCUT2D eigenvalue weighted by Crippen LogP contribution is 2.14. The second-order valence-corrected chi connectivity index (χ2v) is 8.29. The lowest BCUT2D eigenvalue weighted by Crippen LogP contribution is -1.93. The maximum absolute atomic E-state index is 10.4. The van der Waals surface area contributed by atoms with Gasteiger partial charge < -0.3 is 5.11 Å². The van der Waals surface area contributed by atoms with Gasteiger partial charge in [-0.2, -0.15) is 0 Å². The van der Waals surface area contributed by atoms with Crippen LogP contribution in [-0.2, 0) is 18.3 Å². The van der Waals surface area contributed by atoms with E-state index >= 15 is 0 Å². The molecule has 5 heteroatoms. The Bertz CT molecular complexity index is 488. The van der Waals surface area contributed by atoms with Crippen molar-refractivity contribution in [1.82, 2.24) is 15.0 Å². The third kappa shape index (κ3) is 15.6. The van der Waals surface area contributed by atoms with Crippen molar-refractivity contribution in [3.63, 3.8) is 0 Å². The minimum atomic E-state index is -0.658. The molecule has 0 radical (unpaired) electrons. The third-order valence-electron chi connectivity index (χ3n) is 5.47. The van der Waals surface area contributed by atoms with Crippen LogP contribution in [0.3, 0.4) is 0 Å². The molecular weight excluding hydrogens is 350 g/mol. The fourth-order valence-corrected chi connectivity index (χ4v) is 3.74. The Morgan fingerprint density at radius 3 is 1.50 bits per heavy atom. The molecule has 0 unspecified atom stereocenters. The number of carboxylic acid groups (broad SMARTS) is 1. The van der Waals surface area contributed by atoms with Gasteiger partial charge in [0.15, 0.2) is 0 Å². The number of carboxylic acids is 1. The molecule has 28 heavy (non-hydrogen) atoms. The van der Waals surface area contributed by atoms with E-state index in [9.17, 15) is 4.79 Å². The average molecular weight is 394 g/mol. The van der Waals surface area contributed by atoms with Crippen molar-refractivity contribution in [3.05, 3.63) is 11.9 Å². The minimum absolute atomic E-state index is 0.337. The summed E-state index contributed by atoms with van der Waals surface area (Å²) in [4.78, 5) is 10.4. The summed E-state index contributed by atoms with van der Waals surface area (Å²) < 4.78 is 1.78. The fourth-order valence-electron chi connectivity index (χ4n) is 3.74. The van der Waals surface area contributed by atoms with Gasteiger partial charge in [-0.05, 0) is 19.3 Å². The highest BCUT2D eigenvalue weighted by Gasteiger charge is 1.99. The van der Waals surface area contributed by atoms with Crippen molar-refractivity contribution in [2.45, 2.75) is 122 Å². The zero-order valence-corrected chi connectivity index (χ0v) is 18.2. The third-order valence-corrected chi connectivity index (χ3v) is 5.47. The Morgan fingerprint density at radius 1 is 0.750 bits per heavy atom. The molecule has 0 fully saturated rings. The zero-order chi connectivity index (χ0) is 20.3. The first-order valence-corrected chi connectivity index (χ1v) is 11.8. The average Bonchev–Trinajstić information content (AvgIpc) is 3.08. The van der Waals surface area contributed by atoms with Crippen LogP contribution < -0.4 is 0 Å². The lowest BCUT2D eigenvalue weighted by Gasteiger charge is -2.03. The standard InChI is InChI=1S/C23H43N3O2/c1-26-21-22(24-25-26)19-17-15-13-11-9-7-5-3-2-4-6-8-10-12-14-16-18-20-23(27)28/h21H,2-20H2,1H3,(H,27,28). The lowest BCUT2D eigenvalue weighted by atomic mass is 10.0. The summed E-state index contributed by atoms with van der Waals surface area (Å²) in [7, 11) is 1.92. The number of carbonyl (C=O) groups is 1. The van der Waals surface area contributed by atoms with Crippen molar-refractivity contribution >= 4 is 5.97 Å². The summed E-state index contributed by atoms with van der Waals surface area (Å²) in [6.45, 7) is 0. The van der Waals surface area contributed by atoms with Crippen molar-refractivity contribution in [1.29, 1.82) is 0 Å². The number of rotatable bonds is 20. The molecule has 1 aromatic heterocycles. The molecule has 0 aliphatic carbocycles. The van der Waals surface area contributed by atoms with Crippen LogP contribution >= 0.6 is 0 Å². The molecule has 0 saturated heterocycles. The Hall–Kier alpha value is -1.39. The van der Waals surface area contributed by atoms with Crippen LogP contribution in [-0.4, -0.2) is 26.1 Å². The molecular formula is C23H43N3O2. The monoisotopic (exact) mass is 393 g/mol. The molecule has 1 heterocycles. The summed E-state index contributed by atoms with van der Waals surface area (Å²) in [6, 6.07) is 0. The summed E-state index contributed by atoms with van der Waals surface area (Å²) in [6.07, 6.45) is 25.6. The Kier molecular flexibility index (Phi) is 15.6. The van der Waals surface area contributed by atoms with Crippen LogP contribution in [0.15, 0.2) is 6.20 Å². The number of nitrogens with zero attached hydrogens (tertiary/aromatic N) is 3. The van der Waals surface area contributed by atoms with Crippen LogP contribution in [0.1, 0.15) is 121 Å². The summed E-state index contributed by atoms with van der Waals surface area (Å²) in [5.74, 6) is -0.658. The first kappa shape index (κ1) is 24.6. The van der Waals surface area contributed by atoms with E-state index in [0.29, 0.717) is 6.42 Å². The van der Waals surface area contributed by atoms with Gasteiger partial charge in [0.2, 0.25) is 0 Å². The van der Waals surface area contributed by atoms with Gasteiger partial charge in [-0.1, -0.05) is 102 Å². The van der Waals surface area contributed by atoms with Crippen molar-refractivity contribution < 1.29 is 9.90 Å². The Balaban J connectivity index is 1.68. The van der Waals surface area contributed by atoms with Crippen LogP contribution in [0.2, 0.25) is 0 Å². The van der Waals surface area contributed by atoms with Gasteiger partial charge in [-0.3, -0.25) is 9.48 Å². The lowest BCUT2D eigenvalue weighted by molar-refractivity contribution is -0.137. The number of aryl methyl sites for hydroxylation is 2. The van der Waals surface area contributed by atoms with Crippen molar-refractivity contribution in [3.8, 4) is 0 Å². The Morgan fingerprint density at radius 2 is 1.14 bits per heavy atom. The van der Waals surface area contributed by atoms with Gasteiger partial charge >= 0.3 is 5.97 Å². The molecule has 0 saturated carbocycles. The van der Waals surface area contributed by atoms with E-state index in [1.165, 1.54) is 96.3 Å². The van der Waals surface area contributed by atoms with Gasteiger partial charge in [0.25, 0.3) is 0 Å². The number of hydrogen-bond donors (Lipinski definition) is 1. The van der Waals surface area contributed by atoms with Gasteiger partial charge in [-0.25, -0.2) is 0 Å². The first-order chi connectivity index (χ1) is 13.7. The first-order valence-electron chi connectivity index (χ1n) is 11.8. The highest BCUT2D eigenvalue weighted by atomic mass is 16.4. The number of aliphatic carboxylic acids is 1. The fraction of sp³-hybridized carbons (Fsp3) is 0.870. The van der Waals surface area contributed by atoms with Crippen LogP contribution in [0, 0.1) is 0 Å². The van der Waals surface area contributed by atoms with E-state index in [1.807, 2.05) is 13.2 Å². The minimum Gasteiger partial charge on any atom is -0.481 e. The van der Waals surface area contributed by atoms with E-state index in [0.717, 1.165) is 25.0 Å². The van der Waals surface area contributed by atoms with E-state index in [4.69, 9.17) is 5.11 Å². The molecule has 0 aromatic carbocycles. The SMILES string of the molecule is Cn1cc(CCCCCCCCCCCCCCCCCCCC(=O)O)nn1. The molecule has 0 spiro atoms.